The van der Waals surface area contributed by atoms with E-state index in [2.05, 4.69) is 20.6 Å². The van der Waals surface area contributed by atoms with Crippen LogP contribution in [0.15, 0.2) is 10.2 Å². The first-order valence-corrected chi connectivity index (χ1v) is 3.19. The zero-order valence-corrected chi connectivity index (χ0v) is 6.02. The van der Waals surface area contributed by atoms with Crippen LogP contribution in [0.1, 0.15) is 12.8 Å². The summed E-state index contributed by atoms with van der Waals surface area (Å²) in [7, 11) is 0. The van der Waals surface area contributed by atoms with Crippen molar-refractivity contribution in [1.29, 1.82) is 0 Å². The molecule has 0 spiro atoms. The minimum absolute atomic E-state index is 0.0902. The number of carbonyl (C=O) groups is 2. The zero-order chi connectivity index (χ0) is 8.97. The van der Waals surface area contributed by atoms with Crippen molar-refractivity contribution in [2.24, 2.45) is 10.2 Å². The van der Waals surface area contributed by atoms with Gasteiger partial charge in [0.25, 0.3) is 5.91 Å². The fourth-order valence-electron chi connectivity index (χ4n) is 0.727. The molecule has 0 aromatic carbocycles. The van der Waals surface area contributed by atoms with E-state index in [4.69, 9.17) is 5.53 Å². The summed E-state index contributed by atoms with van der Waals surface area (Å²) >= 11 is 0. The van der Waals surface area contributed by atoms with Crippen LogP contribution in [0, 0.1) is 0 Å². The summed E-state index contributed by atoms with van der Waals surface area (Å²) in [4.78, 5) is 23.7. The topological polar surface area (TPSA) is 107 Å². The molecule has 1 heterocycles. The van der Waals surface area contributed by atoms with E-state index in [0.717, 1.165) is 0 Å². The Morgan fingerprint density at radius 1 is 1.67 bits per heavy atom. The van der Waals surface area contributed by atoms with Gasteiger partial charge in [-0.1, -0.05) is 0 Å². The van der Waals surface area contributed by atoms with Crippen LogP contribution in [-0.4, -0.2) is 17.5 Å². The van der Waals surface area contributed by atoms with Gasteiger partial charge in [-0.25, -0.2) is 5.43 Å². The number of carbonyl (C=O) groups excluding carboxylic acids is 2. The van der Waals surface area contributed by atoms with E-state index in [-0.39, 0.29) is 24.5 Å². The molecule has 0 aromatic heterocycles. The Morgan fingerprint density at radius 3 is 2.92 bits per heavy atom. The monoisotopic (exact) mass is 167 g/mol. The number of hydrogen-bond donors (Lipinski definition) is 1. The first-order chi connectivity index (χ1) is 5.74. The molecular weight excluding hydrogens is 162 g/mol. The van der Waals surface area contributed by atoms with Crippen LogP contribution < -0.4 is 5.43 Å². The summed E-state index contributed by atoms with van der Waals surface area (Å²) in [5.41, 5.74) is 10.1. The Balaban J connectivity index is 2.71. The lowest BCUT2D eigenvalue weighted by Gasteiger charge is -2.07. The number of nitrogens with zero attached hydrogens (tertiary/aromatic N) is 4. The van der Waals surface area contributed by atoms with Crippen molar-refractivity contribution in [3.8, 4) is 0 Å². The second-order valence-corrected chi connectivity index (χ2v) is 2.09. The first-order valence-electron chi connectivity index (χ1n) is 3.19. The molecule has 0 saturated heterocycles. The molecule has 0 saturated carbocycles. The van der Waals surface area contributed by atoms with Gasteiger partial charge in [0.2, 0.25) is 5.91 Å². The van der Waals surface area contributed by atoms with E-state index in [9.17, 15) is 9.59 Å². The van der Waals surface area contributed by atoms with Crippen LogP contribution in [-0.2, 0) is 9.59 Å². The lowest BCUT2D eigenvalue weighted by atomic mass is 10.2. The molecule has 7 nitrogen and oxygen atoms in total. The Hall–Kier alpha value is -1.88. The van der Waals surface area contributed by atoms with Crippen molar-refractivity contribution in [1.82, 2.24) is 5.43 Å². The lowest BCUT2D eigenvalue weighted by Crippen LogP contribution is -2.28. The predicted molar refractivity (Wildman–Crippen MR) is 39.0 cm³/mol. The molecule has 1 aliphatic rings. The van der Waals surface area contributed by atoms with Crippen molar-refractivity contribution < 1.29 is 9.59 Å². The molecule has 12 heavy (non-hydrogen) atoms. The largest absolute Gasteiger partial charge is 0.286 e. The van der Waals surface area contributed by atoms with Crippen LogP contribution >= 0.6 is 0 Å². The van der Waals surface area contributed by atoms with E-state index in [1.165, 1.54) is 0 Å². The summed E-state index contributed by atoms with van der Waals surface area (Å²) < 4.78 is 0. The predicted octanol–water partition coefficient (Wildman–Crippen LogP) is 0.0893. The van der Waals surface area contributed by atoms with E-state index in [0.29, 0.717) is 0 Å². The van der Waals surface area contributed by atoms with Gasteiger partial charge in [-0.2, -0.15) is 5.10 Å². The number of amides is 2. The van der Waals surface area contributed by atoms with E-state index in [1.54, 1.807) is 0 Å². The number of hydrazone groups is 1. The average Bonchev–Trinajstić information content (AvgIpc) is 2.06. The van der Waals surface area contributed by atoms with E-state index < -0.39 is 5.91 Å². The molecule has 1 aliphatic heterocycles. The highest BCUT2D eigenvalue weighted by Gasteiger charge is 2.16. The molecular formula is C5H5N5O2. The zero-order valence-electron chi connectivity index (χ0n) is 6.02. The fraction of sp³-hybridized carbons (Fsp3) is 0.400. The summed E-state index contributed by atoms with van der Waals surface area (Å²) in [6, 6.07) is 0. The van der Waals surface area contributed by atoms with Gasteiger partial charge in [-0.15, -0.1) is 0 Å². The maximum atomic E-state index is 10.8. The third-order valence-corrected chi connectivity index (χ3v) is 1.29. The molecule has 2 amide bonds. The minimum Gasteiger partial charge on any atom is -0.286 e. The average molecular weight is 167 g/mol. The Labute approximate surface area is 67.1 Å². The second-order valence-electron chi connectivity index (χ2n) is 2.09. The number of hydrogen-bond acceptors (Lipinski definition) is 3. The highest BCUT2D eigenvalue weighted by molar-refractivity contribution is 6.39. The van der Waals surface area contributed by atoms with Crippen LogP contribution in [0.2, 0.25) is 0 Å². The van der Waals surface area contributed by atoms with Gasteiger partial charge in [-0.3, -0.25) is 9.59 Å². The summed E-state index contributed by atoms with van der Waals surface area (Å²) in [6.07, 6.45) is 0.426. The van der Waals surface area contributed by atoms with Crippen molar-refractivity contribution in [2.75, 3.05) is 0 Å². The van der Waals surface area contributed by atoms with E-state index >= 15 is 0 Å². The number of azide groups is 1. The molecule has 0 aliphatic carbocycles. The van der Waals surface area contributed by atoms with Gasteiger partial charge in [-0.05, 0) is 10.6 Å². The maximum absolute atomic E-state index is 10.8. The summed E-state index contributed by atoms with van der Waals surface area (Å²) in [5.74, 6) is -0.981. The highest BCUT2D eigenvalue weighted by atomic mass is 16.2. The van der Waals surface area contributed by atoms with Crippen molar-refractivity contribution in [3.63, 3.8) is 0 Å². The van der Waals surface area contributed by atoms with Gasteiger partial charge in [0.1, 0.15) is 5.71 Å². The van der Waals surface area contributed by atoms with Gasteiger partial charge in [0.05, 0.1) is 0 Å². The van der Waals surface area contributed by atoms with Gasteiger partial charge >= 0.3 is 0 Å². The fourth-order valence-corrected chi connectivity index (χ4v) is 0.727. The molecule has 1 rings (SSSR count). The SMILES string of the molecule is [N-]=[N+]=NC(=O)C1=NNC(=O)CC1. The van der Waals surface area contributed by atoms with E-state index in [1.807, 2.05) is 0 Å². The molecule has 7 heteroatoms. The second kappa shape index (κ2) is 3.49. The molecule has 0 fully saturated rings. The number of rotatable bonds is 1. The summed E-state index contributed by atoms with van der Waals surface area (Å²) in [5, 5.41) is 6.26. The third-order valence-electron chi connectivity index (χ3n) is 1.29. The highest BCUT2D eigenvalue weighted by Crippen LogP contribution is 2.00. The lowest BCUT2D eigenvalue weighted by molar-refractivity contribution is -0.121. The van der Waals surface area contributed by atoms with Crippen molar-refractivity contribution in [2.45, 2.75) is 12.8 Å². The Bertz CT molecular complexity index is 301. The Kier molecular flexibility index (Phi) is 2.39. The van der Waals surface area contributed by atoms with Crippen LogP contribution in [0.25, 0.3) is 10.4 Å². The van der Waals surface area contributed by atoms with Crippen LogP contribution in [0.3, 0.4) is 0 Å². The maximum Gasteiger partial charge on any atom is 0.265 e. The van der Waals surface area contributed by atoms with Crippen molar-refractivity contribution in [3.05, 3.63) is 10.4 Å². The Morgan fingerprint density at radius 2 is 2.42 bits per heavy atom. The third kappa shape index (κ3) is 1.80. The van der Waals surface area contributed by atoms with Gasteiger partial charge < -0.3 is 0 Å². The molecule has 62 valence electrons. The van der Waals surface area contributed by atoms with Crippen molar-refractivity contribution >= 4 is 17.5 Å². The molecule has 1 N–H and O–H groups in total. The summed E-state index contributed by atoms with van der Waals surface area (Å²) in [6.45, 7) is 0. The minimum atomic E-state index is -0.738. The molecule has 0 atom stereocenters. The standard InChI is InChI=1S/C5H5N5O2/c6-10-9-5(12)3-1-2-4(11)8-7-3/h1-2H2,(H,8,11). The molecule has 0 aromatic rings. The molecule has 0 radical (unpaired) electrons. The van der Waals surface area contributed by atoms with Crippen LogP contribution in [0.5, 0.6) is 0 Å². The van der Waals surface area contributed by atoms with Gasteiger partial charge in [0.15, 0.2) is 0 Å². The van der Waals surface area contributed by atoms with Crippen LogP contribution in [0.4, 0.5) is 0 Å². The normalized spacial score (nSPS) is 15.7. The quantitative estimate of drug-likeness (QED) is 0.339. The molecule has 0 bridgehead atoms. The number of nitrogens with one attached hydrogen (secondary N) is 1. The smallest absolute Gasteiger partial charge is 0.265 e. The first kappa shape index (κ1) is 8.22. The molecule has 0 unspecified atom stereocenters. The van der Waals surface area contributed by atoms with Gasteiger partial charge in [0, 0.05) is 17.8 Å².